The maximum Gasteiger partial charge on any atom is 0.312 e. The Balaban J connectivity index is 1.42. The summed E-state index contributed by atoms with van der Waals surface area (Å²) in [6.45, 7) is 3.93. The van der Waals surface area contributed by atoms with E-state index in [-0.39, 0.29) is 11.9 Å². The minimum absolute atomic E-state index is 0.0104. The molecule has 1 aromatic heterocycles. The van der Waals surface area contributed by atoms with Gasteiger partial charge in [-0.1, -0.05) is 43.0 Å². The number of nitrogens with one attached hydrogen (secondary N) is 3. The lowest BCUT2D eigenvalue weighted by Crippen LogP contribution is -2.56. The maximum absolute atomic E-state index is 13.9. The van der Waals surface area contributed by atoms with Gasteiger partial charge in [0.25, 0.3) is 0 Å². The number of aromatic nitrogens is 2. The number of hydrogen-bond donors (Lipinski definition) is 3. The molecule has 39 heavy (non-hydrogen) atoms. The summed E-state index contributed by atoms with van der Waals surface area (Å²) in [6.07, 6.45) is 11.6. The Morgan fingerprint density at radius 3 is 2.56 bits per heavy atom. The van der Waals surface area contributed by atoms with E-state index in [9.17, 15) is 9.59 Å². The highest BCUT2D eigenvalue weighted by Crippen LogP contribution is 2.47. The minimum atomic E-state index is -0.539. The predicted octanol–water partition coefficient (Wildman–Crippen LogP) is 4.43. The molecule has 0 unspecified atom stereocenters. The first-order valence-electron chi connectivity index (χ1n) is 14.1. The monoisotopic (exact) mass is 573 g/mol. The Bertz CT molecular complexity index is 1080. The van der Waals surface area contributed by atoms with Crippen molar-refractivity contribution in [2.75, 3.05) is 26.2 Å². The molecule has 1 aliphatic heterocycles. The molecule has 1 saturated heterocycles. The van der Waals surface area contributed by atoms with Gasteiger partial charge in [0, 0.05) is 49.4 Å². The SMILES string of the molecule is CCOC(=O)C1(C2CCCCC2)CCN(C(=O)[C@@H](Cc2ccc(Cl)cc2)NC(=S)NCCc2cnc[nH]2)CC1. The van der Waals surface area contributed by atoms with Crippen LogP contribution in [0.15, 0.2) is 36.8 Å². The van der Waals surface area contributed by atoms with Crippen molar-refractivity contribution in [1.29, 1.82) is 0 Å². The van der Waals surface area contributed by atoms with E-state index in [1.807, 2.05) is 36.1 Å². The van der Waals surface area contributed by atoms with Crippen molar-refractivity contribution >= 4 is 40.8 Å². The molecule has 1 aromatic carbocycles. The number of amides is 1. The van der Waals surface area contributed by atoms with Crippen molar-refractivity contribution in [2.24, 2.45) is 11.3 Å². The molecule has 3 N–H and O–H groups in total. The molecule has 1 aliphatic carbocycles. The van der Waals surface area contributed by atoms with Crippen molar-refractivity contribution in [3.05, 3.63) is 53.1 Å². The summed E-state index contributed by atoms with van der Waals surface area (Å²) in [5.74, 6) is 0.239. The summed E-state index contributed by atoms with van der Waals surface area (Å²) >= 11 is 11.7. The number of ether oxygens (including phenoxy) is 1. The highest BCUT2D eigenvalue weighted by molar-refractivity contribution is 7.80. The van der Waals surface area contributed by atoms with Gasteiger partial charge in [0.15, 0.2) is 5.11 Å². The third kappa shape index (κ3) is 7.72. The van der Waals surface area contributed by atoms with E-state index in [2.05, 4.69) is 20.6 Å². The minimum Gasteiger partial charge on any atom is -0.466 e. The first kappa shape index (κ1) is 29.3. The van der Waals surface area contributed by atoms with Gasteiger partial charge >= 0.3 is 5.97 Å². The van der Waals surface area contributed by atoms with Gasteiger partial charge in [-0.15, -0.1) is 0 Å². The molecule has 2 aromatic rings. The second kappa shape index (κ2) is 14.1. The molecule has 212 valence electrons. The molecule has 0 bridgehead atoms. The van der Waals surface area contributed by atoms with E-state index in [1.165, 1.54) is 6.42 Å². The number of hydrogen-bond acceptors (Lipinski definition) is 5. The van der Waals surface area contributed by atoms with Crippen molar-refractivity contribution in [3.63, 3.8) is 0 Å². The Morgan fingerprint density at radius 1 is 1.21 bits per heavy atom. The van der Waals surface area contributed by atoms with Crippen LogP contribution in [-0.4, -0.2) is 64.1 Å². The average Bonchev–Trinajstić information content (AvgIpc) is 3.48. The number of halogens is 1. The van der Waals surface area contributed by atoms with Gasteiger partial charge in [0.1, 0.15) is 6.04 Å². The molecule has 2 aliphatic rings. The van der Waals surface area contributed by atoms with Crippen LogP contribution in [0.4, 0.5) is 0 Å². The van der Waals surface area contributed by atoms with Crippen molar-refractivity contribution in [1.82, 2.24) is 25.5 Å². The molecule has 2 fully saturated rings. The number of esters is 1. The Labute approximate surface area is 241 Å². The number of likely N-dealkylation sites (tertiary alicyclic amines) is 1. The molecule has 10 heteroatoms. The number of benzene rings is 1. The summed E-state index contributed by atoms with van der Waals surface area (Å²) in [5.41, 5.74) is 1.51. The molecule has 1 amide bonds. The van der Waals surface area contributed by atoms with Gasteiger partial charge in [-0.2, -0.15) is 0 Å². The van der Waals surface area contributed by atoms with Crippen LogP contribution in [0.1, 0.15) is 63.1 Å². The Morgan fingerprint density at radius 2 is 1.92 bits per heavy atom. The van der Waals surface area contributed by atoms with Gasteiger partial charge in [0.2, 0.25) is 5.91 Å². The molecule has 2 heterocycles. The largest absolute Gasteiger partial charge is 0.466 e. The van der Waals surface area contributed by atoms with Crippen LogP contribution in [0.5, 0.6) is 0 Å². The number of thiocarbonyl (C=S) groups is 1. The van der Waals surface area contributed by atoms with Crippen molar-refractivity contribution < 1.29 is 14.3 Å². The van der Waals surface area contributed by atoms with E-state index in [1.54, 1.807) is 12.5 Å². The van der Waals surface area contributed by atoms with Crippen molar-refractivity contribution in [3.8, 4) is 0 Å². The lowest BCUT2D eigenvalue weighted by Gasteiger charge is -2.46. The van der Waals surface area contributed by atoms with E-state index in [4.69, 9.17) is 28.6 Å². The zero-order valence-electron chi connectivity index (χ0n) is 22.7. The first-order chi connectivity index (χ1) is 18.9. The van der Waals surface area contributed by atoms with Crippen LogP contribution in [0.3, 0.4) is 0 Å². The van der Waals surface area contributed by atoms with E-state index < -0.39 is 11.5 Å². The lowest BCUT2D eigenvalue weighted by molar-refractivity contribution is -0.166. The quantitative estimate of drug-likeness (QED) is 0.285. The fourth-order valence-electron chi connectivity index (χ4n) is 6.05. The summed E-state index contributed by atoms with van der Waals surface area (Å²) < 4.78 is 5.59. The third-order valence-electron chi connectivity index (χ3n) is 8.23. The molecule has 0 radical (unpaired) electrons. The molecule has 1 saturated carbocycles. The molecular formula is C29H40ClN5O3S. The number of nitrogens with zero attached hydrogens (tertiary/aromatic N) is 2. The maximum atomic E-state index is 13.9. The van der Waals surface area contributed by atoms with E-state index in [0.29, 0.717) is 61.6 Å². The molecule has 4 rings (SSSR count). The summed E-state index contributed by atoms with van der Waals surface area (Å²) in [7, 11) is 0. The fraction of sp³-hybridized carbons (Fsp3) is 0.586. The fourth-order valence-corrected chi connectivity index (χ4v) is 6.42. The number of H-pyrrole nitrogens is 1. The van der Waals surface area contributed by atoms with Crippen LogP contribution in [0.25, 0.3) is 0 Å². The van der Waals surface area contributed by atoms with Gasteiger partial charge in [-0.05, 0) is 68.4 Å². The number of aromatic amines is 1. The van der Waals surface area contributed by atoms with Gasteiger partial charge in [-0.3, -0.25) is 9.59 Å². The third-order valence-corrected chi connectivity index (χ3v) is 8.74. The zero-order chi connectivity index (χ0) is 27.7. The molecule has 1 atom stereocenters. The molecule has 8 nitrogen and oxygen atoms in total. The number of imidazole rings is 1. The number of carbonyl (C=O) groups is 2. The average molecular weight is 574 g/mol. The second-order valence-corrected chi connectivity index (χ2v) is 11.5. The lowest BCUT2D eigenvalue weighted by atomic mass is 9.63. The van der Waals surface area contributed by atoms with Gasteiger partial charge < -0.3 is 25.3 Å². The van der Waals surface area contributed by atoms with Gasteiger partial charge in [0.05, 0.1) is 18.3 Å². The molecule has 0 spiro atoms. The van der Waals surface area contributed by atoms with Crippen LogP contribution in [-0.2, 0) is 27.2 Å². The summed E-state index contributed by atoms with van der Waals surface area (Å²) in [5, 5.41) is 7.56. The van der Waals surface area contributed by atoms with Crippen LogP contribution >= 0.6 is 23.8 Å². The number of piperidine rings is 1. The van der Waals surface area contributed by atoms with Gasteiger partial charge in [-0.25, -0.2) is 4.98 Å². The van der Waals surface area contributed by atoms with Crippen molar-refractivity contribution in [2.45, 2.75) is 70.8 Å². The normalized spacial score (nSPS) is 18.3. The second-order valence-electron chi connectivity index (χ2n) is 10.6. The topological polar surface area (TPSA) is 99.3 Å². The van der Waals surface area contributed by atoms with Crippen LogP contribution in [0.2, 0.25) is 5.02 Å². The summed E-state index contributed by atoms with van der Waals surface area (Å²) in [6, 6.07) is 6.99. The Kier molecular flexibility index (Phi) is 10.6. The number of carbonyl (C=O) groups excluding carboxylic acids is 2. The van der Waals surface area contributed by atoms with E-state index >= 15 is 0 Å². The molecular weight excluding hydrogens is 534 g/mol. The highest BCUT2D eigenvalue weighted by Gasteiger charge is 2.49. The van der Waals surface area contributed by atoms with Crippen LogP contribution in [0, 0.1) is 11.3 Å². The first-order valence-corrected chi connectivity index (χ1v) is 14.9. The predicted molar refractivity (Wildman–Crippen MR) is 156 cm³/mol. The van der Waals surface area contributed by atoms with Crippen LogP contribution < -0.4 is 10.6 Å². The van der Waals surface area contributed by atoms with E-state index in [0.717, 1.165) is 43.4 Å². The smallest absolute Gasteiger partial charge is 0.312 e. The Hall–Kier alpha value is -2.65. The zero-order valence-corrected chi connectivity index (χ0v) is 24.3. The summed E-state index contributed by atoms with van der Waals surface area (Å²) in [4.78, 5) is 36.1. The number of rotatable bonds is 10. The standard InChI is InChI=1S/C29H40ClN5O3S/c1-2-38-27(37)29(22-6-4-3-5-7-22)13-16-35(17-14-29)26(36)25(18-21-8-10-23(30)11-9-21)34-28(39)32-15-12-24-19-31-20-33-24/h8-11,19-20,22,25H,2-7,12-18H2,1H3,(H,31,33)(H2,32,34,39)/t25-/m1/s1. The highest BCUT2D eigenvalue weighted by atomic mass is 35.5.